The Morgan fingerprint density at radius 2 is 1.48 bits per heavy atom. The molecule has 1 N–H and O–H groups in total. The summed E-state index contributed by atoms with van der Waals surface area (Å²) in [6.07, 6.45) is 0. The molecule has 136 valence electrons. The van der Waals surface area contributed by atoms with Gasteiger partial charge in [-0.25, -0.2) is 0 Å². The number of carbonyl (C=O) groups excluding carboxylic acids is 2. The van der Waals surface area contributed by atoms with Crippen LogP contribution in [-0.2, 0) is 0 Å². The Morgan fingerprint density at radius 1 is 0.852 bits per heavy atom. The van der Waals surface area contributed by atoms with Gasteiger partial charge in [-0.2, -0.15) is 0 Å². The Kier molecular flexibility index (Phi) is 5.52. The van der Waals surface area contributed by atoms with Gasteiger partial charge in [0.25, 0.3) is 11.8 Å². The maximum atomic E-state index is 12.6. The summed E-state index contributed by atoms with van der Waals surface area (Å²) >= 11 is 0. The van der Waals surface area contributed by atoms with E-state index in [4.69, 9.17) is 4.74 Å². The van der Waals surface area contributed by atoms with Gasteiger partial charge in [0.15, 0.2) is 0 Å². The third kappa shape index (κ3) is 4.15. The normalized spacial score (nSPS) is 10.1. The van der Waals surface area contributed by atoms with Crippen molar-refractivity contribution in [2.45, 2.75) is 0 Å². The molecule has 0 aromatic heterocycles. The first-order valence-corrected chi connectivity index (χ1v) is 8.47. The number of anilines is 2. The van der Waals surface area contributed by atoms with Crippen LogP contribution in [0.15, 0.2) is 78.9 Å². The monoisotopic (exact) mass is 360 g/mol. The number of rotatable bonds is 5. The first-order valence-electron chi connectivity index (χ1n) is 8.47. The van der Waals surface area contributed by atoms with Gasteiger partial charge in [0.2, 0.25) is 0 Å². The average molecular weight is 360 g/mol. The van der Waals surface area contributed by atoms with E-state index in [1.807, 2.05) is 30.3 Å². The van der Waals surface area contributed by atoms with Crippen LogP contribution < -0.4 is 15.0 Å². The van der Waals surface area contributed by atoms with Crippen LogP contribution in [0.1, 0.15) is 20.7 Å². The van der Waals surface area contributed by atoms with Gasteiger partial charge in [0, 0.05) is 24.0 Å². The topological polar surface area (TPSA) is 58.6 Å². The molecule has 0 saturated heterocycles. The Balaban J connectivity index is 1.72. The summed E-state index contributed by atoms with van der Waals surface area (Å²) in [7, 11) is 3.25. The highest BCUT2D eigenvalue weighted by Crippen LogP contribution is 2.20. The third-order valence-electron chi connectivity index (χ3n) is 4.19. The van der Waals surface area contributed by atoms with Crippen molar-refractivity contribution in [2.75, 3.05) is 24.4 Å². The second kappa shape index (κ2) is 8.19. The molecule has 27 heavy (non-hydrogen) atoms. The number of hydrogen-bond donors (Lipinski definition) is 1. The summed E-state index contributed by atoms with van der Waals surface area (Å²) in [5.41, 5.74) is 2.40. The minimum Gasteiger partial charge on any atom is -0.496 e. The Labute approximate surface area is 158 Å². The zero-order valence-corrected chi connectivity index (χ0v) is 15.2. The Morgan fingerprint density at radius 3 is 2.15 bits per heavy atom. The molecular formula is C22H20N2O3. The molecule has 3 aromatic carbocycles. The van der Waals surface area contributed by atoms with Crippen LogP contribution in [0.5, 0.6) is 5.75 Å². The fraction of sp³-hybridized carbons (Fsp3) is 0.0909. The fourth-order valence-corrected chi connectivity index (χ4v) is 2.69. The number of nitrogens with one attached hydrogen (secondary N) is 1. The van der Waals surface area contributed by atoms with Gasteiger partial charge in [-0.15, -0.1) is 0 Å². The molecule has 0 fully saturated rings. The maximum Gasteiger partial charge on any atom is 0.259 e. The zero-order chi connectivity index (χ0) is 19.2. The SMILES string of the molecule is COc1ccccc1C(=O)Nc1ccc(C(=O)N(C)c2ccccc2)cc1. The summed E-state index contributed by atoms with van der Waals surface area (Å²) in [6.45, 7) is 0. The predicted molar refractivity (Wildman–Crippen MR) is 107 cm³/mol. The van der Waals surface area contributed by atoms with Crippen LogP contribution in [0.2, 0.25) is 0 Å². The van der Waals surface area contributed by atoms with Gasteiger partial charge in [-0.3, -0.25) is 9.59 Å². The Bertz CT molecular complexity index is 937. The number of nitrogens with zero attached hydrogens (tertiary/aromatic N) is 1. The lowest BCUT2D eigenvalue weighted by Gasteiger charge is -2.17. The summed E-state index contributed by atoms with van der Waals surface area (Å²) in [5, 5.41) is 2.82. The molecule has 0 aliphatic rings. The van der Waals surface area contributed by atoms with Crippen LogP contribution in [0.4, 0.5) is 11.4 Å². The molecule has 5 nitrogen and oxygen atoms in total. The van der Waals surface area contributed by atoms with E-state index in [2.05, 4.69) is 5.32 Å². The lowest BCUT2D eigenvalue weighted by atomic mass is 10.1. The standard InChI is InChI=1S/C22H20N2O3/c1-24(18-8-4-3-5-9-18)22(26)16-12-14-17(15-13-16)23-21(25)19-10-6-7-11-20(19)27-2/h3-15H,1-2H3,(H,23,25). The van der Waals surface area contributed by atoms with Crippen molar-refractivity contribution in [1.82, 2.24) is 0 Å². The second-order valence-electron chi connectivity index (χ2n) is 5.93. The molecular weight excluding hydrogens is 340 g/mol. The van der Waals surface area contributed by atoms with Gasteiger partial charge in [-0.1, -0.05) is 30.3 Å². The molecule has 0 aliphatic heterocycles. The molecule has 2 amide bonds. The van der Waals surface area contributed by atoms with Crippen molar-refractivity contribution < 1.29 is 14.3 Å². The smallest absolute Gasteiger partial charge is 0.259 e. The van der Waals surface area contributed by atoms with Gasteiger partial charge in [-0.05, 0) is 48.5 Å². The molecule has 0 atom stereocenters. The van der Waals surface area contributed by atoms with Crippen LogP contribution in [-0.4, -0.2) is 26.0 Å². The van der Waals surface area contributed by atoms with Gasteiger partial charge in [0.1, 0.15) is 5.75 Å². The number of para-hydroxylation sites is 2. The number of ether oxygens (including phenoxy) is 1. The molecule has 0 bridgehead atoms. The van der Waals surface area contributed by atoms with E-state index in [-0.39, 0.29) is 11.8 Å². The highest BCUT2D eigenvalue weighted by Gasteiger charge is 2.14. The van der Waals surface area contributed by atoms with Gasteiger partial charge in [0.05, 0.1) is 12.7 Å². The minimum absolute atomic E-state index is 0.121. The van der Waals surface area contributed by atoms with E-state index in [1.54, 1.807) is 60.5 Å². The van der Waals surface area contributed by atoms with Crippen LogP contribution in [0, 0.1) is 0 Å². The number of benzene rings is 3. The van der Waals surface area contributed by atoms with Gasteiger partial charge < -0.3 is 15.0 Å². The quantitative estimate of drug-likeness (QED) is 0.741. The fourth-order valence-electron chi connectivity index (χ4n) is 2.69. The predicted octanol–water partition coefficient (Wildman–Crippen LogP) is 4.22. The number of amides is 2. The van der Waals surface area contributed by atoms with Crippen molar-refractivity contribution >= 4 is 23.2 Å². The molecule has 0 radical (unpaired) electrons. The number of methoxy groups -OCH3 is 1. The van der Waals surface area contributed by atoms with Crippen molar-refractivity contribution in [3.63, 3.8) is 0 Å². The minimum atomic E-state index is -0.270. The van der Waals surface area contributed by atoms with E-state index in [0.29, 0.717) is 22.6 Å². The average Bonchev–Trinajstić information content (AvgIpc) is 2.73. The Hall–Kier alpha value is -3.60. The highest BCUT2D eigenvalue weighted by molar-refractivity contribution is 6.08. The molecule has 5 heteroatoms. The van der Waals surface area contributed by atoms with Crippen molar-refractivity contribution in [3.8, 4) is 5.75 Å². The van der Waals surface area contributed by atoms with Crippen LogP contribution >= 0.6 is 0 Å². The zero-order valence-electron chi connectivity index (χ0n) is 15.2. The van der Waals surface area contributed by atoms with E-state index in [9.17, 15) is 9.59 Å². The molecule has 0 spiro atoms. The molecule has 0 saturated carbocycles. The van der Waals surface area contributed by atoms with E-state index in [1.165, 1.54) is 7.11 Å². The molecule has 3 aromatic rings. The highest BCUT2D eigenvalue weighted by atomic mass is 16.5. The summed E-state index contributed by atoms with van der Waals surface area (Å²) in [5.74, 6) is 0.114. The van der Waals surface area contributed by atoms with Crippen molar-refractivity contribution in [3.05, 3.63) is 90.0 Å². The molecule has 0 unspecified atom stereocenters. The second-order valence-corrected chi connectivity index (χ2v) is 5.93. The van der Waals surface area contributed by atoms with E-state index >= 15 is 0 Å². The summed E-state index contributed by atoms with van der Waals surface area (Å²) in [6, 6.07) is 23.2. The lowest BCUT2D eigenvalue weighted by molar-refractivity contribution is 0.0991. The molecule has 0 aliphatic carbocycles. The number of hydrogen-bond acceptors (Lipinski definition) is 3. The maximum absolute atomic E-state index is 12.6. The molecule has 3 rings (SSSR count). The van der Waals surface area contributed by atoms with Crippen LogP contribution in [0.25, 0.3) is 0 Å². The molecule has 0 heterocycles. The van der Waals surface area contributed by atoms with E-state index < -0.39 is 0 Å². The first-order chi connectivity index (χ1) is 13.1. The summed E-state index contributed by atoms with van der Waals surface area (Å²) in [4.78, 5) is 26.6. The summed E-state index contributed by atoms with van der Waals surface area (Å²) < 4.78 is 5.21. The first kappa shape index (κ1) is 18.2. The largest absolute Gasteiger partial charge is 0.496 e. The number of carbonyl (C=O) groups is 2. The third-order valence-corrected chi connectivity index (χ3v) is 4.19. The van der Waals surface area contributed by atoms with E-state index in [0.717, 1.165) is 5.69 Å². The van der Waals surface area contributed by atoms with Crippen molar-refractivity contribution in [2.24, 2.45) is 0 Å². The van der Waals surface area contributed by atoms with Crippen LogP contribution in [0.3, 0.4) is 0 Å². The lowest BCUT2D eigenvalue weighted by Crippen LogP contribution is -2.26. The van der Waals surface area contributed by atoms with Gasteiger partial charge >= 0.3 is 0 Å². The van der Waals surface area contributed by atoms with Crippen molar-refractivity contribution in [1.29, 1.82) is 0 Å².